The Morgan fingerprint density at radius 1 is 1.24 bits per heavy atom. The minimum atomic E-state index is -0.381. The van der Waals surface area contributed by atoms with Crippen LogP contribution in [0.1, 0.15) is 12.5 Å². The van der Waals surface area contributed by atoms with Crippen LogP contribution in [-0.2, 0) is 9.47 Å². The van der Waals surface area contributed by atoms with Gasteiger partial charge in [-0.25, -0.2) is 0 Å². The van der Waals surface area contributed by atoms with Crippen LogP contribution in [0.15, 0.2) is 18.2 Å². The fourth-order valence-electron chi connectivity index (χ4n) is 1.23. The van der Waals surface area contributed by atoms with Crippen molar-refractivity contribution < 1.29 is 9.47 Å². The maximum Gasteiger partial charge on any atom is 0.176 e. The van der Waals surface area contributed by atoms with Gasteiger partial charge >= 0.3 is 0 Å². The zero-order valence-corrected chi connectivity index (χ0v) is 11.8. The molecule has 0 radical (unpaired) electrons. The van der Waals surface area contributed by atoms with Gasteiger partial charge in [0, 0.05) is 13.7 Å². The second-order valence-corrected chi connectivity index (χ2v) is 4.41. The number of ether oxygens (including phenoxy) is 2. The molecule has 0 heterocycles. The average molecular weight is 296 g/mol. The average Bonchev–Trinajstić information content (AvgIpc) is 2.31. The van der Waals surface area contributed by atoms with Crippen molar-refractivity contribution in [2.24, 2.45) is 0 Å². The van der Waals surface area contributed by atoms with E-state index < -0.39 is 0 Å². The van der Waals surface area contributed by atoms with E-state index in [1.54, 1.807) is 25.3 Å². The van der Waals surface area contributed by atoms with E-state index in [4.69, 9.17) is 44.3 Å². The van der Waals surface area contributed by atoms with Gasteiger partial charge < -0.3 is 9.47 Å². The summed E-state index contributed by atoms with van der Waals surface area (Å²) in [6.45, 7) is 2.47. The molecule has 0 spiro atoms. The Balaban J connectivity index is 2.84. The lowest BCUT2D eigenvalue weighted by molar-refractivity contribution is -0.0855. The van der Waals surface area contributed by atoms with Crippen LogP contribution in [0.3, 0.4) is 0 Å². The second kappa shape index (κ2) is 7.24. The minimum Gasteiger partial charge on any atom is -0.352 e. The van der Waals surface area contributed by atoms with Crippen molar-refractivity contribution in [2.45, 2.75) is 13.2 Å². The van der Waals surface area contributed by atoms with Crippen LogP contribution in [0.4, 0.5) is 0 Å². The third-order valence-electron chi connectivity index (χ3n) is 2.02. The molecule has 0 aliphatic carbocycles. The van der Waals surface area contributed by atoms with Gasteiger partial charge in [-0.2, -0.15) is 0 Å². The highest BCUT2D eigenvalue weighted by Gasteiger charge is 2.05. The van der Waals surface area contributed by atoms with Gasteiger partial charge in [0.25, 0.3) is 0 Å². The van der Waals surface area contributed by atoms with Crippen molar-refractivity contribution in [3.63, 3.8) is 0 Å². The summed E-state index contributed by atoms with van der Waals surface area (Å²) >= 11 is 17.7. The molecule has 0 saturated carbocycles. The van der Waals surface area contributed by atoms with Crippen LogP contribution >= 0.6 is 34.8 Å². The monoisotopic (exact) mass is 294 g/mol. The summed E-state index contributed by atoms with van der Waals surface area (Å²) in [6.07, 6.45) is 3.21. The summed E-state index contributed by atoms with van der Waals surface area (Å²) in [6, 6.07) is 3.45. The molecule has 0 fully saturated rings. The maximum absolute atomic E-state index is 5.92. The number of methoxy groups -OCH3 is 1. The summed E-state index contributed by atoms with van der Waals surface area (Å²) < 4.78 is 10.4. The van der Waals surface area contributed by atoms with E-state index in [1.807, 2.05) is 13.0 Å². The van der Waals surface area contributed by atoms with Gasteiger partial charge in [0.2, 0.25) is 0 Å². The smallest absolute Gasteiger partial charge is 0.176 e. The highest BCUT2D eigenvalue weighted by molar-refractivity contribution is 6.48. The van der Waals surface area contributed by atoms with Crippen molar-refractivity contribution in [3.8, 4) is 0 Å². The molecule has 1 aromatic carbocycles. The Morgan fingerprint density at radius 2 is 1.82 bits per heavy atom. The summed E-state index contributed by atoms with van der Waals surface area (Å²) in [4.78, 5) is 0. The molecule has 94 valence electrons. The molecule has 0 aromatic heterocycles. The van der Waals surface area contributed by atoms with Crippen molar-refractivity contribution >= 4 is 40.9 Å². The van der Waals surface area contributed by atoms with Gasteiger partial charge in [0.05, 0.1) is 15.1 Å². The predicted molar refractivity (Wildman–Crippen MR) is 72.9 cm³/mol. The molecule has 0 bridgehead atoms. The topological polar surface area (TPSA) is 18.5 Å². The van der Waals surface area contributed by atoms with Crippen molar-refractivity contribution in [1.29, 1.82) is 0 Å². The van der Waals surface area contributed by atoms with Crippen molar-refractivity contribution in [2.75, 3.05) is 13.7 Å². The normalized spacial score (nSPS) is 13.2. The van der Waals surface area contributed by atoms with Crippen molar-refractivity contribution in [1.82, 2.24) is 0 Å². The van der Waals surface area contributed by atoms with E-state index in [1.165, 1.54) is 0 Å². The standard InChI is InChI=1S/C12H13Cl3O2/c1-3-17-11(16-2)5-4-8-6-9(13)12(15)10(14)7-8/h4-7,11H,3H2,1-2H3/b5-4+. The molecule has 1 atom stereocenters. The zero-order chi connectivity index (χ0) is 12.8. The maximum atomic E-state index is 5.92. The number of hydrogen-bond donors (Lipinski definition) is 0. The fraction of sp³-hybridized carbons (Fsp3) is 0.333. The lowest BCUT2D eigenvalue weighted by Gasteiger charge is -2.10. The quantitative estimate of drug-likeness (QED) is 0.580. The Morgan fingerprint density at radius 3 is 2.29 bits per heavy atom. The lowest BCUT2D eigenvalue weighted by Crippen LogP contribution is -2.11. The van der Waals surface area contributed by atoms with Crippen LogP contribution in [0.5, 0.6) is 0 Å². The molecule has 5 heteroatoms. The molecule has 1 unspecified atom stereocenters. The van der Waals surface area contributed by atoms with Gasteiger partial charge in [-0.3, -0.25) is 0 Å². The SMILES string of the molecule is CCOC(/C=C/c1cc(Cl)c(Cl)c(Cl)c1)OC. The third-order valence-corrected chi connectivity index (χ3v) is 3.21. The van der Waals surface area contributed by atoms with Crippen LogP contribution in [0.2, 0.25) is 15.1 Å². The summed E-state index contributed by atoms with van der Waals surface area (Å²) in [5, 5.41) is 1.20. The number of rotatable bonds is 5. The fourth-order valence-corrected chi connectivity index (χ4v) is 1.84. The molecule has 1 rings (SSSR count). The number of benzene rings is 1. The van der Waals surface area contributed by atoms with Crippen LogP contribution in [0.25, 0.3) is 6.08 Å². The third kappa shape index (κ3) is 4.49. The molecular weight excluding hydrogens is 282 g/mol. The Bertz CT molecular complexity index is 382. The molecule has 0 aliphatic rings. The van der Waals surface area contributed by atoms with Gasteiger partial charge in [-0.15, -0.1) is 0 Å². The molecule has 2 nitrogen and oxygen atoms in total. The molecule has 0 aliphatic heterocycles. The zero-order valence-electron chi connectivity index (χ0n) is 9.54. The van der Waals surface area contributed by atoms with Crippen LogP contribution < -0.4 is 0 Å². The van der Waals surface area contributed by atoms with E-state index in [-0.39, 0.29) is 6.29 Å². The van der Waals surface area contributed by atoms with Gasteiger partial charge in [0.1, 0.15) is 0 Å². The van der Waals surface area contributed by atoms with Crippen molar-refractivity contribution in [3.05, 3.63) is 38.8 Å². The Hall–Kier alpha value is -0.250. The summed E-state index contributed by atoms with van der Waals surface area (Å²) in [7, 11) is 1.58. The van der Waals surface area contributed by atoms with Crippen LogP contribution in [0, 0.1) is 0 Å². The van der Waals surface area contributed by atoms with E-state index in [2.05, 4.69) is 0 Å². The first-order valence-electron chi connectivity index (χ1n) is 5.05. The van der Waals surface area contributed by atoms with E-state index in [0.29, 0.717) is 21.7 Å². The lowest BCUT2D eigenvalue weighted by atomic mass is 10.2. The van der Waals surface area contributed by atoms with E-state index in [9.17, 15) is 0 Å². The largest absolute Gasteiger partial charge is 0.352 e. The predicted octanol–water partition coefficient (Wildman–Crippen LogP) is 4.67. The number of halogens is 3. The first-order chi connectivity index (χ1) is 8.08. The van der Waals surface area contributed by atoms with Gasteiger partial charge in [-0.1, -0.05) is 40.9 Å². The Kier molecular flexibility index (Phi) is 6.31. The van der Waals surface area contributed by atoms with E-state index in [0.717, 1.165) is 5.56 Å². The summed E-state index contributed by atoms with van der Waals surface area (Å²) in [5.41, 5.74) is 0.839. The second-order valence-electron chi connectivity index (χ2n) is 3.22. The molecule has 17 heavy (non-hydrogen) atoms. The summed E-state index contributed by atoms with van der Waals surface area (Å²) in [5.74, 6) is 0. The molecule has 0 N–H and O–H groups in total. The Labute approximate surface area is 116 Å². The molecular formula is C12H13Cl3O2. The highest BCUT2D eigenvalue weighted by Crippen LogP contribution is 2.31. The minimum absolute atomic E-state index is 0.360. The van der Waals surface area contributed by atoms with Gasteiger partial charge in [-0.05, 0) is 30.7 Å². The molecule has 0 saturated heterocycles. The molecule has 1 aromatic rings. The first-order valence-corrected chi connectivity index (χ1v) is 6.19. The first kappa shape index (κ1) is 14.8. The van der Waals surface area contributed by atoms with E-state index >= 15 is 0 Å². The highest BCUT2D eigenvalue weighted by atomic mass is 35.5. The van der Waals surface area contributed by atoms with Gasteiger partial charge in [0.15, 0.2) is 6.29 Å². The van der Waals surface area contributed by atoms with Crippen LogP contribution in [-0.4, -0.2) is 20.0 Å². The number of hydrogen-bond acceptors (Lipinski definition) is 2. The molecule has 0 amide bonds.